The number of imidazole rings is 1. The molecule has 3 aromatic rings. The van der Waals surface area contributed by atoms with Gasteiger partial charge >= 0.3 is 0 Å². The SMILES string of the molecule is O=C(NN1CCCCC1)c1cn(C(Cc2ccc(Cl)cc2Cl)c2ccc(Cl)cc2)cn1. The van der Waals surface area contributed by atoms with Crippen LogP contribution in [0.3, 0.4) is 0 Å². The van der Waals surface area contributed by atoms with Gasteiger partial charge in [-0.2, -0.15) is 0 Å². The molecule has 2 aromatic carbocycles. The Labute approximate surface area is 196 Å². The second kappa shape index (κ2) is 10.0. The Bertz CT molecular complexity index is 1050. The van der Waals surface area contributed by atoms with Crippen molar-refractivity contribution in [2.24, 2.45) is 0 Å². The van der Waals surface area contributed by atoms with Gasteiger partial charge in [0.15, 0.2) is 0 Å². The van der Waals surface area contributed by atoms with Crippen molar-refractivity contribution in [3.8, 4) is 0 Å². The zero-order valence-electron chi connectivity index (χ0n) is 16.9. The van der Waals surface area contributed by atoms with E-state index in [4.69, 9.17) is 34.8 Å². The summed E-state index contributed by atoms with van der Waals surface area (Å²) in [6, 6.07) is 13.0. The molecule has 1 N–H and O–H groups in total. The normalized spacial score (nSPS) is 15.6. The predicted octanol–water partition coefficient (Wildman–Crippen LogP) is 5.81. The van der Waals surface area contributed by atoms with Crippen molar-refractivity contribution in [3.63, 3.8) is 0 Å². The molecule has 31 heavy (non-hydrogen) atoms. The molecule has 0 aliphatic carbocycles. The van der Waals surface area contributed by atoms with E-state index in [2.05, 4.69) is 10.4 Å². The first-order chi connectivity index (χ1) is 15.0. The van der Waals surface area contributed by atoms with Gasteiger partial charge in [0.1, 0.15) is 5.69 Å². The van der Waals surface area contributed by atoms with Crippen molar-refractivity contribution >= 4 is 40.7 Å². The number of carbonyl (C=O) groups excluding carboxylic acids is 1. The number of hydrogen-bond acceptors (Lipinski definition) is 3. The number of nitrogens with one attached hydrogen (secondary N) is 1. The first-order valence-corrected chi connectivity index (χ1v) is 11.4. The summed E-state index contributed by atoms with van der Waals surface area (Å²) < 4.78 is 1.94. The molecule has 1 saturated heterocycles. The molecule has 0 radical (unpaired) electrons. The van der Waals surface area contributed by atoms with Crippen molar-refractivity contribution in [3.05, 3.63) is 86.9 Å². The molecule has 1 unspecified atom stereocenters. The fourth-order valence-electron chi connectivity index (χ4n) is 3.81. The number of nitrogens with zero attached hydrogens (tertiary/aromatic N) is 3. The lowest BCUT2D eigenvalue weighted by molar-refractivity contribution is 0.0745. The molecule has 1 aliphatic rings. The summed E-state index contributed by atoms with van der Waals surface area (Å²) in [4.78, 5) is 17.1. The fraction of sp³-hybridized carbons (Fsp3) is 0.304. The molecule has 1 amide bonds. The molecular formula is C23H23Cl3N4O. The van der Waals surface area contributed by atoms with Gasteiger partial charge in [0.05, 0.1) is 12.4 Å². The van der Waals surface area contributed by atoms with Gasteiger partial charge in [-0.3, -0.25) is 10.2 Å². The minimum atomic E-state index is -0.194. The maximum atomic E-state index is 12.7. The monoisotopic (exact) mass is 476 g/mol. The first kappa shape index (κ1) is 22.2. The van der Waals surface area contributed by atoms with Crippen LogP contribution in [-0.2, 0) is 6.42 Å². The van der Waals surface area contributed by atoms with Gasteiger partial charge < -0.3 is 4.57 Å². The van der Waals surface area contributed by atoms with Crippen molar-refractivity contribution in [2.45, 2.75) is 31.7 Å². The molecule has 0 spiro atoms. The van der Waals surface area contributed by atoms with E-state index in [1.807, 2.05) is 46.0 Å². The Morgan fingerprint density at radius 1 is 1.00 bits per heavy atom. The number of rotatable bonds is 6. The largest absolute Gasteiger partial charge is 0.329 e. The third-order valence-corrected chi connectivity index (χ3v) is 6.33. The van der Waals surface area contributed by atoms with E-state index in [0.717, 1.165) is 37.1 Å². The predicted molar refractivity (Wildman–Crippen MR) is 125 cm³/mol. The van der Waals surface area contributed by atoms with Crippen LogP contribution in [0.15, 0.2) is 55.0 Å². The number of benzene rings is 2. The van der Waals surface area contributed by atoms with E-state index in [1.54, 1.807) is 18.6 Å². The van der Waals surface area contributed by atoms with Gasteiger partial charge in [-0.1, -0.05) is 59.4 Å². The third-order valence-electron chi connectivity index (χ3n) is 5.49. The van der Waals surface area contributed by atoms with Crippen LogP contribution < -0.4 is 5.43 Å². The molecule has 5 nitrogen and oxygen atoms in total. The zero-order chi connectivity index (χ0) is 21.8. The van der Waals surface area contributed by atoms with E-state index in [-0.39, 0.29) is 11.9 Å². The van der Waals surface area contributed by atoms with E-state index in [0.29, 0.717) is 27.2 Å². The third kappa shape index (κ3) is 5.60. The summed E-state index contributed by atoms with van der Waals surface area (Å²) in [7, 11) is 0. The number of carbonyl (C=O) groups is 1. The smallest absolute Gasteiger partial charge is 0.285 e. The number of piperidine rings is 1. The van der Waals surface area contributed by atoms with Crippen LogP contribution in [0.1, 0.15) is 46.9 Å². The molecule has 0 saturated carbocycles. The summed E-state index contributed by atoms with van der Waals surface area (Å²) in [6.45, 7) is 1.74. The van der Waals surface area contributed by atoms with E-state index < -0.39 is 0 Å². The number of halogens is 3. The maximum Gasteiger partial charge on any atom is 0.285 e. The van der Waals surface area contributed by atoms with E-state index in [9.17, 15) is 4.79 Å². The summed E-state index contributed by atoms with van der Waals surface area (Å²) in [5.41, 5.74) is 5.34. The molecule has 1 aromatic heterocycles. The van der Waals surface area contributed by atoms with Crippen molar-refractivity contribution < 1.29 is 4.79 Å². The Hall–Kier alpha value is -2.05. The average molecular weight is 478 g/mol. The van der Waals surface area contributed by atoms with Crippen LogP contribution in [0.5, 0.6) is 0 Å². The lowest BCUT2D eigenvalue weighted by Gasteiger charge is -2.26. The topological polar surface area (TPSA) is 50.2 Å². The Balaban J connectivity index is 1.59. The molecule has 162 valence electrons. The van der Waals surface area contributed by atoms with Crippen molar-refractivity contribution in [1.29, 1.82) is 0 Å². The lowest BCUT2D eigenvalue weighted by Crippen LogP contribution is -2.45. The summed E-state index contributed by atoms with van der Waals surface area (Å²) in [5.74, 6) is -0.194. The second-order valence-corrected chi connectivity index (χ2v) is 8.98. The first-order valence-electron chi connectivity index (χ1n) is 10.3. The molecule has 1 fully saturated rings. The van der Waals surface area contributed by atoms with Crippen molar-refractivity contribution in [2.75, 3.05) is 13.1 Å². The van der Waals surface area contributed by atoms with Crippen LogP contribution >= 0.6 is 34.8 Å². The number of aromatic nitrogens is 2. The number of hydrazine groups is 1. The fourth-order valence-corrected chi connectivity index (χ4v) is 4.42. The van der Waals surface area contributed by atoms with Crippen LogP contribution in [-0.4, -0.2) is 33.6 Å². The highest BCUT2D eigenvalue weighted by atomic mass is 35.5. The molecule has 1 atom stereocenters. The second-order valence-electron chi connectivity index (χ2n) is 7.70. The minimum Gasteiger partial charge on any atom is -0.329 e. The lowest BCUT2D eigenvalue weighted by atomic mass is 9.98. The van der Waals surface area contributed by atoms with Crippen LogP contribution in [0.4, 0.5) is 0 Å². The molecule has 8 heteroatoms. The Kier molecular flexibility index (Phi) is 7.18. The minimum absolute atomic E-state index is 0.111. The molecule has 2 heterocycles. The Morgan fingerprint density at radius 2 is 1.71 bits per heavy atom. The van der Waals surface area contributed by atoms with Gasteiger partial charge in [-0.25, -0.2) is 9.99 Å². The highest BCUT2D eigenvalue weighted by molar-refractivity contribution is 6.35. The summed E-state index contributed by atoms with van der Waals surface area (Å²) in [6.07, 6.45) is 7.47. The summed E-state index contributed by atoms with van der Waals surface area (Å²) >= 11 is 18.6. The highest BCUT2D eigenvalue weighted by Gasteiger charge is 2.20. The van der Waals surface area contributed by atoms with Crippen molar-refractivity contribution in [1.82, 2.24) is 20.0 Å². The Morgan fingerprint density at radius 3 is 2.42 bits per heavy atom. The molecule has 1 aliphatic heterocycles. The quantitative estimate of drug-likeness (QED) is 0.488. The molecule has 4 rings (SSSR count). The zero-order valence-corrected chi connectivity index (χ0v) is 19.2. The van der Waals surface area contributed by atoms with Crippen LogP contribution in [0, 0.1) is 0 Å². The average Bonchev–Trinajstić information content (AvgIpc) is 3.25. The van der Waals surface area contributed by atoms with Gasteiger partial charge in [0.2, 0.25) is 0 Å². The van der Waals surface area contributed by atoms with E-state index in [1.165, 1.54) is 6.42 Å². The van der Waals surface area contributed by atoms with Gasteiger partial charge in [-0.05, 0) is 54.7 Å². The number of amides is 1. The molecule has 0 bridgehead atoms. The van der Waals surface area contributed by atoms with E-state index >= 15 is 0 Å². The van der Waals surface area contributed by atoms with Crippen LogP contribution in [0.2, 0.25) is 15.1 Å². The summed E-state index contributed by atoms with van der Waals surface area (Å²) in [5, 5.41) is 3.83. The van der Waals surface area contributed by atoms with Gasteiger partial charge in [-0.15, -0.1) is 0 Å². The standard InChI is InChI=1S/C23H23Cl3N4O/c24-18-7-4-16(5-8-18)22(12-17-6-9-19(25)13-20(17)26)29-14-21(27-15-29)23(31)28-30-10-2-1-3-11-30/h4-9,13-15,22H,1-3,10-12H2,(H,28,31). The van der Waals surface area contributed by atoms with Gasteiger partial charge in [0, 0.05) is 34.4 Å². The molecular weight excluding hydrogens is 455 g/mol. The number of hydrogen-bond donors (Lipinski definition) is 1. The van der Waals surface area contributed by atoms with Gasteiger partial charge in [0.25, 0.3) is 5.91 Å². The highest BCUT2D eigenvalue weighted by Crippen LogP contribution is 2.29. The maximum absolute atomic E-state index is 12.7. The van der Waals surface area contributed by atoms with Crippen LogP contribution in [0.25, 0.3) is 0 Å².